The number of hydrogen-bond donors (Lipinski definition) is 1. The third-order valence-corrected chi connectivity index (χ3v) is 4.24. The molecule has 1 aliphatic rings. The van der Waals surface area contributed by atoms with Crippen molar-refractivity contribution in [2.45, 2.75) is 51.6 Å². The Labute approximate surface area is 121 Å². The molecule has 2 unspecified atom stereocenters. The summed E-state index contributed by atoms with van der Waals surface area (Å²) in [6.45, 7) is 3.20. The summed E-state index contributed by atoms with van der Waals surface area (Å²) in [4.78, 5) is 0. The Kier molecular flexibility index (Phi) is 5.43. The van der Waals surface area contributed by atoms with Gasteiger partial charge < -0.3 is 10.1 Å². The summed E-state index contributed by atoms with van der Waals surface area (Å²) < 4.78 is 5.25. The van der Waals surface area contributed by atoms with Crippen LogP contribution in [0.15, 0.2) is 18.2 Å². The lowest BCUT2D eigenvalue weighted by Gasteiger charge is -2.17. The van der Waals surface area contributed by atoms with Crippen molar-refractivity contribution in [2.24, 2.45) is 5.92 Å². The van der Waals surface area contributed by atoms with Crippen molar-refractivity contribution < 1.29 is 4.74 Å². The highest BCUT2D eigenvalue weighted by atomic mass is 16.5. The summed E-state index contributed by atoms with van der Waals surface area (Å²) in [5.41, 5.74) is 1.78. The summed E-state index contributed by atoms with van der Waals surface area (Å²) in [6.07, 6.45) is 6.57. The molecule has 2 atom stereocenters. The van der Waals surface area contributed by atoms with E-state index in [1.807, 2.05) is 18.2 Å². The van der Waals surface area contributed by atoms with Crippen LogP contribution in [0.1, 0.15) is 50.2 Å². The Balaban J connectivity index is 1.92. The van der Waals surface area contributed by atoms with Gasteiger partial charge in [0.2, 0.25) is 0 Å². The van der Waals surface area contributed by atoms with Crippen LogP contribution < -0.4 is 10.1 Å². The molecule has 0 aromatic heterocycles. The normalized spacial score (nSPS) is 22.9. The van der Waals surface area contributed by atoms with E-state index in [2.05, 4.69) is 18.3 Å². The second kappa shape index (κ2) is 7.31. The number of rotatable bonds is 4. The smallest absolute Gasteiger partial charge is 0.136 e. The van der Waals surface area contributed by atoms with Crippen molar-refractivity contribution in [3.63, 3.8) is 0 Å². The fourth-order valence-electron chi connectivity index (χ4n) is 2.89. The van der Waals surface area contributed by atoms with Gasteiger partial charge in [0.25, 0.3) is 0 Å². The summed E-state index contributed by atoms with van der Waals surface area (Å²) in [5.74, 6) is 1.54. The standard InChI is InChI=1S/C17H24N2O/c1-13-4-3-5-16(9-6-13)19-12-14-7-8-15(11-18)17(10-14)20-2/h7-8,10,13,16,19H,3-6,9,12H2,1-2H3. The maximum atomic E-state index is 8.98. The molecule has 0 spiro atoms. The minimum absolute atomic E-state index is 0.597. The lowest BCUT2D eigenvalue weighted by atomic mass is 10.0. The molecule has 3 heteroatoms. The van der Waals surface area contributed by atoms with Crippen molar-refractivity contribution in [1.82, 2.24) is 5.32 Å². The van der Waals surface area contributed by atoms with Gasteiger partial charge in [-0.2, -0.15) is 5.26 Å². The van der Waals surface area contributed by atoms with Gasteiger partial charge in [0.1, 0.15) is 11.8 Å². The number of hydrogen-bond acceptors (Lipinski definition) is 3. The van der Waals surface area contributed by atoms with Crippen molar-refractivity contribution in [2.75, 3.05) is 7.11 Å². The average Bonchev–Trinajstić information content (AvgIpc) is 2.69. The molecule has 1 fully saturated rings. The van der Waals surface area contributed by atoms with Crippen LogP contribution in [0.25, 0.3) is 0 Å². The molecule has 0 saturated heterocycles. The van der Waals surface area contributed by atoms with Crippen LogP contribution in [-0.2, 0) is 6.54 Å². The summed E-state index contributed by atoms with van der Waals surface area (Å²) >= 11 is 0. The largest absolute Gasteiger partial charge is 0.495 e. The Morgan fingerprint density at radius 2 is 2.15 bits per heavy atom. The Bertz CT molecular complexity index is 478. The zero-order chi connectivity index (χ0) is 14.4. The molecule has 0 radical (unpaired) electrons. The average molecular weight is 272 g/mol. The highest BCUT2D eigenvalue weighted by Gasteiger charge is 2.15. The number of nitriles is 1. The Hall–Kier alpha value is -1.53. The molecular formula is C17H24N2O. The minimum Gasteiger partial charge on any atom is -0.495 e. The highest BCUT2D eigenvalue weighted by Crippen LogP contribution is 2.23. The first-order valence-electron chi connectivity index (χ1n) is 7.53. The van der Waals surface area contributed by atoms with Crippen LogP contribution in [0.3, 0.4) is 0 Å². The van der Waals surface area contributed by atoms with Gasteiger partial charge in [-0.05, 0) is 42.9 Å². The predicted molar refractivity (Wildman–Crippen MR) is 80.6 cm³/mol. The first kappa shape index (κ1) is 14.9. The number of methoxy groups -OCH3 is 1. The van der Waals surface area contributed by atoms with Crippen LogP contribution in [0.2, 0.25) is 0 Å². The maximum Gasteiger partial charge on any atom is 0.136 e. The molecule has 1 aliphatic carbocycles. The van der Waals surface area contributed by atoms with Gasteiger partial charge in [0, 0.05) is 12.6 Å². The number of ether oxygens (including phenoxy) is 1. The third-order valence-electron chi connectivity index (χ3n) is 4.24. The van der Waals surface area contributed by atoms with E-state index < -0.39 is 0 Å². The number of nitrogens with zero attached hydrogens (tertiary/aromatic N) is 1. The first-order chi connectivity index (χ1) is 9.72. The second-order valence-electron chi connectivity index (χ2n) is 5.84. The molecule has 3 nitrogen and oxygen atoms in total. The molecule has 0 aliphatic heterocycles. The molecule has 0 heterocycles. The van der Waals surface area contributed by atoms with E-state index in [1.165, 1.54) is 37.7 Å². The topological polar surface area (TPSA) is 45.0 Å². The van der Waals surface area contributed by atoms with Gasteiger partial charge in [-0.15, -0.1) is 0 Å². The van der Waals surface area contributed by atoms with Gasteiger partial charge in [0.05, 0.1) is 12.7 Å². The van der Waals surface area contributed by atoms with Crippen LogP contribution in [-0.4, -0.2) is 13.2 Å². The van der Waals surface area contributed by atoms with Crippen LogP contribution in [0.4, 0.5) is 0 Å². The van der Waals surface area contributed by atoms with E-state index >= 15 is 0 Å². The van der Waals surface area contributed by atoms with Gasteiger partial charge in [-0.3, -0.25) is 0 Å². The van der Waals surface area contributed by atoms with Gasteiger partial charge in [-0.25, -0.2) is 0 Å². The van der Waals surface area contributed by atoms with E-state index in [-0.39, 0.29) is 0 Å². The van der Waals surface area contributed by atoms with E-state index in [0.717, 1.165) is 12.5 Å². The third kappa shape index (κ3) is 3.98. The maximum absolute atomic E-state index is 8.98. The lowest BCUT2D eigenvalue weighted by molar-refractivity contribution is 0.411. The lowest BCUT2D eigenvalue weighted by Crippen LogP contribution is -2.27. The van der Waals surface area contributed by atoms with Crippen molar-refractivity contribution in [1.29, 1.82) is 5.26 Å². The van der Waals surface area contributed by atoms with E-state index in [4.69, 9.17) is 10.00 Å². The van der Waals surface area contributed by atoms with Crippen molar-refractivity contribution >= 4 is 0 Å². The Morgan fingerprint density at radius 3 is 2.90 bits per heavy atom. The first-order valence-corrected chi connectivity index (χ1v) is 7.53. The molecule has 108 valence electrons. The molecular weight excluding hydrogens is 248 g/mol. The molecule has 0 bridgehead atoms. The zero-order valence-electron chi connectivity index (χ0n) is 12.5. The minimum atomic E-state index is 0.597. The fraction of sp³-hybridized carbons (Fsp3) is 0.588. The van der Waals surface area contributed by atoms with Gasteiger partial charge in [0.15, 0.2) is 0 Å². The zero-order valence-corrected chi connectivity index (χ0v) is 12.5. The fourth-order valence-corrected chi connectivity index (χ4v) is 2.89. The van der Waals surface area contributed by atoms with Crippen molar-refractivity contribution in [3.05, 3.63) is 29.3 Å². The summed E-state index contributed by atoms with van der Waals surface area (Å²) in [7, 11) is 1.61. The van der Waals surface area contributed by atoms with Crippen LogP contribution in [0, 0.1) is 17.2 Å². The highest BCUT2D eigenvalue weighted by molar-refractivity contribution is 5.45. The number of benzene rings is 1. The van der Waals surface area contributed by atoms with Crippen LogP contribution >= 0.6 is 0 Å². The molecule has 1 saturated carbocycles. The number of nitrogens with one attached hydrogen (secondary N) is 1. The molecule has 1 N–H and O–H groups in total. The van der Waals surface area contributed by atoms with Gasteiger partial charge in [-0.1, -0.05) is 25.8 Å². The van der Waals surface area contributed by atoms with Crippen molar-refractivity contribution in [3.8, 4) is 11.8 Å². The van der Waals surface area contributed by atoms with Gasteiger partial charge >= 0.3 is 0 Å². The predicted octanol–water partition coefficient (Wildman–Crippen LogP) is 3.63. The SMILES string of the molecule is COc1cc(CNC2CCCC(C)CC2)ccc1C#N. The molecule has 1 aromatic rings. The van der Waals surface area contributed by atoms with E-state index in [9.17, 15) is 0 Å². The van der Waals surface area contributed by atoms with E-state index in [1.54, 1.807) is 7.11 Å². The Morgan fingerprint density at radius 1 is 1.30 bits per heavy atom. The second-order valence-corrected chi connectivity index (χ2v) is 5.84. The monoisotopic (exact) mass is 272 g/mol. The summed E-state index contributed by atoms with van der Waals surface area (Å²) in [5, 5.41) is 12.6. The molecule has 2 rings (SSSR count). The van der Waals surface area contributed by atoms with E-state index in [0.29, 0.717) is 17.4 Å². The molecule has 1 aromatic carbocycles. The summed E-state index contributed by atoms with van der Waals surface area (Å²) in [6, 6.07) is 8.58. The molecule has 20 heavy (non-hydrogen) atoms. The van der Waals surface area contributed by atoms with Crippen LogP contribution in [0.5, 0.6) is 5.75 Å². The quantitative estimate of drug-likeness (QED) is 0.851. The molecule has 0 amide bonds.